The number of benzene rings is 4. The lowest BCUT2D eigenvalue weighted by Gasteiger charge is -2.09. The van der Waals surface area contributed by atoms with Gasteiger partial charge in [-0.2, -0.15) is 5.10 Å². The number of hydrazone groups is 1. The number of fused-ring (bicyclic) bond motifs is 1. The first-order valence-electron chi connectivity index (χ1n) is 10.4. The summed E-state index contributed by atoms with van der Waals surface area (Å²) in [4.78, 5) is 25.2. The van der Waals surface area contributed by atoms with Gasteiger partial charge in [0.15, 0.2) is 0 Å². The molecule has 170 valence electrons. The summed E-state index contributed by atoms with van der Waals surface area (Å²) >= 11 is 3.44. The molecule has 4 aromatic rings. The number of carbonyl (C=O) groups excluding carboxylic acids is 2. The van der Waals surface area contributed by atoms with Crippen molar-refractivity contribution in [2.24, 2.45) is 5.10 Å². The van der Waals surface area contributed by atoms with Gasteiger partial charge in [-0.05, 0) is 81.2 Å². The predicted octanol–water partition coefficient (Wildman–Crippen LogP) is 5.90. The molecule has 7 heteroatoms. The molecule has 0 spiro atoms. The Kier molecular flexibility index (Phi) is 7.04. The van der Waals surface area contributed by atoms with E-state index >= 15 is 0 Å². The van der Waals surface area contributed by atoms with E-state index in [1.54, 1.807) is 36.4 Å². The van der Waals surface area contributed by atoms with Crippen LogP contribution in [0.1, 0.15) is 31.8 Å². The first-order chi connectivity index (χ1) is 16.5. The molecule has 34 heavy (non-hydrogen) atoms. The summed E-state index contributed by atoms with van der Waals surface area (Å²) in [7, 11) is 1.51. The van der Waals surface area contributed by atoms with Crippen molar-refractivity contribution in [1.82, 2.24) is 5.43 Å². The van der Waals surface area contributed by atoms with Crippen molar-refractivity contribution in [2.75, 3.05) is 7.11 Å². The van der Waals surface area contributed by atoms with E-state index in [0.717, 1.165) is 16.3 Å². The zero-order valence-electron chi connectivity index (χ0n) is 18.5. The summed E-state index contributed by atoms with van der Waals surface area (Å²) < 4.78 is 11.5. The van der Waals surface area contributed by atoms with Crippen LogP contribution in [-0.4, -0.2) is 25.2 Å². The van der Waals surface area contributed by atoms with E-state index < -0.39 is 5.97 Å². The zero-order chi connectivity index (χ0) is 24.1. The summed E-state index contributed by atoms with van der Waals surface area (Å²) in [5.74, 6) is 0.0300. The second-order valence-electron chi connectivity index (χ2n) is 7.51. The molecule has 0 saturated heterocycles. The molecule has 0 unspecified atom stereocenters. The number of nitrogens with one attached hydrogen (secondary N) is 1. The number of ether oxygens (including phenoxy) is 2. The van der Waals surface area contributed by atoms with E-state index in [-0.39, 0.29) is 5.91 Å². The van der Waals surface area contributed by atoms with Gasteiger partial charge < -0.3 is 9.47 Å². The maximum Gasteiger partial charge on any atom is 0.344 e. The largest absolute Gasteiger partial charge is 0.496 e. The van der Waals surface area contributed by atoms with Gasteiger partial charge in [0.1, 0.15) is 11.5 Å². The highest BCUT2D eigenvalue weighted by molar-refractivity contribution is 9.10. The maximum absolute atomic E-state index is 12.8. The number of aryl methyl sites for hydroxylation is 1. The van der Waals surface area contributed by atoms with Crippen LogP contribution in [0, 0.1) is 6.92 Å². The second kappa shape index (κ2) is 10.3. The fourth-order valence-electron chi connectivity index (χ4n) is 3.45. The highest BCUT2D eigenvalue weighted by Gasteiger charge is 2.14. The summed E-state index contributed by atoms with van der Waals surface area (Å²) in [5, 5.41) is 5.82. The van der Waals surface area contributed by atoms with Crippen LogP contribution < -0.4 is 14.9 Å². The summed E-state index contributed by atoms with van der Waals surface area (Å²) in [5.41, 5.74) is 5.07. The van der Waals surface area contributed by atoms with Gasteiger partial charge in [-0.3, -0.25) is 4.79 Å². The smallest absolute Gasteiger partial charge is 0.344 e. The molecule has 6 nitrogen and oxygen atoms in total. The second-order valence-corrected chi connectivity index (χ2v) is 8.36. The first-order valence-corrected chi connectivity index (χ1v) is 11.2. The minimum atomic E-state index is -0.446. The molecule has 0 saturated carbocycles. The van der Waals surface area contributed by atoms with Crippen molar-refractivity contribution < 1.29 is 19.1 Å². The Morgan fingerprint density at radius 1 is 0.912 bits per heavy atom. The molecular formula is C27H21BrN2O4. The number of carbonyl (C=O) groups is 2. The first kappa shape index (κ1) is 23.2. The molecule has 0 atom stereocenters. The highest BCUT2D eigenvalue weighted by Crippen LogP contribution is 2.28. The van der Waals surface area contributed by atoms with Gasteiger partial charge in [-0.15, -0.1) is 0 Å². The van der Waals surface area contributed by atoms with Crippen LogP contribution in [0.3, 0.4) is 0 Å². The fourth-order valence-corrected chi connectivity index (χ4v) is 3.93. The van der Waals surface area contributed by atoms with Crippen LogP contribution in [0.25, 0.3) is 10.8 Å². The third kappa shape index (κ3) is 5.15. The Morgan fingerprint density at radius 2 is 1.71 bits per heavy atom. The topological polar surface area (TPSA) is 77.0 Å². The number of methoxy groups -OCH3 is 1. The Labute approximate surface area is 205 Å². The summed E-state index contributed by atoms with van der Waals surface area (Å²) in [6, 6.07) is 23.6. The van der Waals surface area contributed by atoms with Gasteiger partial charge in [-0.1, -0.05) is 42.5 Å². The number of hydrogen-bond donors (Lipinski definition) is 1. The monoisotopic (exact) mass is 516 g/mol. The van der Waals surface area contributed by atoms with Crippen LogP contribution in [-0.2, 0) is 0 Å². The molecule has 4 rings (SSSR count). The molecule has 0 aliphatic carbocycles. The summed E-state index contributed by atoms with van der Waals surface area (Å²) in [6.45, 7) is 1.92. The van der Waals surface area contributed by atoms with Crippen LogP contribution in [0.2, 0.25) is 0 Å². The number of hydrogen-bond acceptors (Lipinski definition) is 5. The maximum atomic E-state index is 12.8. The number of amides is 1. The Balaban J connectivity index is 1.44. The molecule has 1 amide bonds. The molecule has 0 aromatic heterocycles. The van der Waals surface area contributed by atoms with Crippen LogP contribution >= 0.6 is 15.9 Å². The quantitative estimate of drug-likeness (QED) is 0.150. The minimum Gasteiger partial charge on any atom is -0.496 e. The van der Waals surface area contributed by atoms with Crippen molar-refractivity contribution >= 4 is 44.8 Å². The molecule has 0 aliphatic rings. The lowest BCUT2D eigenvalue weighted by molar-refractivity contribution is 0.0735. The van der Waals surface area contributed by atoms with Gasteiger partial charge in [0.05, 0.1) is 28.9 Å². The molecule has 0 heterocycles. The number of rotatable bonds is 6. The van der Waals surface area contributed by atoms with Gasteiger partial charge >= 0.3 is 5.97 Å². The zero-order valence-corrected chi connectivity index (χ0v) is 20.1. The van der Waals surface area contributed by atoms with E-state index in [1.165, 1.54) is 13.3 Å². The fraction of sp³-hybridized carbons (Fsp3) is 0.0741. The van der Waals surface area contributed by atoms with Gasteiger partial charge in [0.25, 0.3) is 5.91 Å². The van der Waals surface area contributed by atoms with E-state index in [2.05, 4.69) is 26.5 Å². The van der Waals surface area contributed by atoms with Crippen LogP contribution in [0.5, 0.6) is 11.5 Å². The lowest BCUT2D eigenvalue weighted by atomic mass is 10.0. The van der Waals surface area contributed by atoms with E-state index in [9.17, 15) is 9.59 Å². The molecule has 0 fully saturated rings. The normalized spacial score (nSPS) is 10.9. The molecular weight excluding hydrogens is 496 g/mol. The molecule has 0 aliphatic heterocycles. The summed E-state index contributed by atoms with van der Waals surface area (Å²) in [6.07, 6.45) is 1.50. The Bertz CT molecular complexity index is 1410. The molecule has 4 aromatic carbocycles. The van der Waals surface area contributed by atoms with Crippen LogP contribution in [0.15, 0.2) is 88.4 Å². The number of halogens is 1. The average molecular weight is 517 g/mol. The van der Waals surface area contributed by atoms with Crippen molar-refractivity contribution in [3.05, 3.63) is 106 Å². The number of nitrogens with zero attached hydrogens (tertiary/aromatic N) is 1. The standard InChI is InChI=1S/C27H21BrN2O4/c1-17-10-12-22(25(14-17)33-2)26(31)30-29-16-18-11-13-24(23(28)15-18)34-27(32)21-9-5-7-19-6-3-4-8-20(19)21/h3-16H,1-2H3,(H,30,31)/b29-16-. The lowest BCUT2D eigenvalue weighted by Crippen LogP contribution is -2.18. The molecule has 0 bridgehead atoms. The van der Waals surface area contributed by atoms with E-state index in [0.29, 0.717) is 32.7 Å². The van der Waals surface area contributed by atoms with Crippen molar-refractivity contribution in [3.63, 3.8) is 0 Å². The van der Waals surface area contributed by atoms with Crippen molar-refractivity contribution in [3.8, 4) is 11.5 Å². The molecule has 0 radical (unpaired) electrons. The van der Waals surface area contributed by atoms with E-state index in [1.807, 2.05) is 49.4 Å². The Morgan fingerprint density at radius 3 is 2.50 bits per heavy atom. The van der Waals surface area contributed by atoms with Crippen molar-refractivity contribution in [1.29, 1.82) is 0 Å². The minimum absolute atomic E-state index is 0.378. The van der Waals surface area contributed by atoms with Gasteiger partial charge in [0, 0.05) is 0 Å². The average Bonchev–Trinajstić information content (AvgIpc) is 2.85. The van der Waals surface area contributed by atoms with Crippen LogP contribution in [0.4, 0.5) is 0 Å². The Hall–Kier alpha value is -3.97. The third-order valence-electron chi connectivity index (χ3n) is 5.15. The van der Waals surface area contributed by atoms with Gasteiger partial charge in [0.2, 0.25) is 0 Å². The van der Waals surface area contributed by atoms with Crippen molar-refractivity contribution in [2.45, 2.75) is 6.92 Å². The van der Waals surface area contributed by atoms with E-state index in [4.69, 9.17) is 9.47 Å². The predicted molar refractivity (Wildman–Crippen MR) is 136 cm³/mol. The van der Waals surface area contributed by atoms with Gasteiger partial charge in [-0.25, -0.2) is 10.2 Å². The third-order valence-corrected chi connectivity index (χ3v) is 5.77. The molecule has 1 N–H and O–H groups in total. The SMILES string of the molecule is COc1cc(C)ccc1C(=O)N/N=C\c1ccc(OC(=O)c2cccc3ccccc23)c(Br)c1. The number of esters is 1. The highest BCUT2D eigenvalue weighted by atomic mass is 79.9.